The zero-order chi connectivity index (χ0) is 13.6. The number of hydrogen-bond donors (Lipinski definition) is 1. The molecule has 0 aromatic carbocycles. The maximum Gasteiger partial charge on any atom is 0.144 e. The fourth-order valence-corrected chi connectivity index (χ4v) is 3.19. The third kappa shape index (κ3) is 2.06. The van der Waals surface area contributed by atoms with Gasteiger partial charge >= 0.3 is 0 Å². The van der Waals surface area contributed by atoms with E-state index in [0.29, 0.717) is 17.5 Å². The maximum absolute atomic E-state index is 9.28. The van der Waals surface area contributed by atoms with Gasteiger partial charge in [-0.05, 0) is 50.7 Å². The molecule has 1 aromatic heterocycles. The first-order valence-electron chi connectivity index (χ1n) is 7.62. The number of nitrogens with one attached hydrogen (secondary N) is 1. The molecular weight excluding hydrogens is 250 g/mol. The van der Waals surface area contributed by atoms with Crippen LogP contribution in [0.15, 0.2) is 12.1 Å². The van der Waals surface area contributed by atoms with Crippen molar-refractivity contribution in [2.75, 3.05) is 11.9 Å². The maximum atomic E-state index is 9.28. The van der Waals surface area contributed by atoms with Gasteiger partial charge in [0.25, 0.3) is 0 Å². The van der Waals surface area contributed by atoms with Gasteiger partial charge in [-0.25, -0.2) is 4.98 Å². The standard InChI is InChI=1S/C16H19N3O/c17-10-12-5-6-13(11-3-4-11)18-15(12)19-14-2-1-9-20-16(14)7-8-16/h5-6,11,14H,1-4,7-9H2,(H,18,19)/t14-/m0/s1. The van der Waals surface area contributed by atoms with E-state index in [1.165, 1.54) is 12.8 Å². The number of ether oxygens (including phenoxy) is 1. The highest BCUT2D eigenvalue weighted by Crippen LogP contribution is 2.47. The lowest BCUT2D eigenvalue weighted by atomic mass is 10.00. The van der Waals surface area contributed by atoms with E-state index in [1.807, 2.05) is 12.1 Å². The van der Waals surface area contributed by atoms with Crippen LogP contribution in [-0.4, -0.2) is 23.2 Å². The van der Waals surface area contributed by atoms with Crippen LogP contribution in [-0.2, 0) is 4.74 Å². The first kappa shape index (κ1) is 12.2. The van der Waals surface area contributed by atoms with Crippen molar-refractivity contribution in [3.05, 3.63) is 23.4 Å². The van der Waals surface area contributed by atoms with E-state index >= 15 is 0 Å². The van der Waals surface area contributed by atoms with Crippen molar-refractivity contribution in [3.8, 4) is 6.07 Å². The second-order valence-corrected chi connectivity index (χ2v) is 6.27. The molecule has 4 heteroatoms. The van der Waals surface area contributed by atoms with Gasteiger partial charge in [0.15, 0.2) is 0 Å². The summed E-state index contributed by atoms with van der Waals surface area (Å²) in [5.74, 6) is 1.37. The van der Waals surface area contributed by atoms with Gasteiger partial charge in [-0.15, -0.1) is 0 Å². The van der Waals surface area contributed by atoms with Gasteiger partial charge in [-0.2, -0.15) is 5.26 Å². The van der Waals surface area contributed by atoms with E-state index < -0.39 is 0 Å². The molecule has 1 saturated heterocycles. The van der Waals surface area contributed by atoms with Crippen LogP contribution in [0.1, 0.15) is 55.7 Å². The number of aromatic nitrogens is 1. The van der Waals surface area contributed by atoms with Crippen molar-refractivity contribution in [3.63, 3.8) is 0 Å². The number of pyridine rings is 1. The Kier molecular flexibility index (Phi) is 2.71. The fraction of sp³-hybridized carbons (Fsp3) is 0.625. The highest BCUT2D eigenvalue weighted by atomic mass is 16.5. The largest absolute Gasteiger partial charge is 0.373 e. The summed E-state index contributed by atoms with van der Waals surface area (Å²) in [6, 6.07) is 6.48. The minimum Gasteiger partial charge on any atom is -0.373 e. The molecule has 4 nitrogen and oxygen atoms in total. The van der Waals surface area contributed by atoms with E-state index in [2.05, 4.69) is 11.4 Å². The van der Waals surface area contributed by atoms with Crippen LogP contribution >= 0.6 is 0 Å². The minimum atomic E-state index is 0.0300. The molecule has 0 unspecified atom stereocenters. The Labute approximate surface area is 119 Å². The molecule has 0 amide bonds. The molecule has 0 bridgehead atoms. The molecule has 1 N–H and O–H groups in total. The Morgan fingerprint density at radius 3 is 2.85 bits per heavy atom. The van der Waals surface area contributed by atoms with E-state index in [9.17, 15) is 5.26 Å². The third-order valence-electron chi connectivity index (χ3n) is 4.75. The number of nitrogens with zero attached hydrogens (tertiary/aromatic N) is 2. The monoisotopic (exact) mass is 269 g/mol. The summed E-state index contributed by atoms with van der Waals surface area (Å²) >= 11 is 0. The van der Waals surface area contributed by atoms with Crippen LogP contribution in [0.3, 0.4) is 0 Å². The fourth-order valence-electron chi connectivity index (χ4n) is 3.19. The van der Waals surface area contributed by atoms with Crippen LogP contribution in [0.25, 0.3) is 0 Å². The minimum absolute atomic E-state index is 0.0300. The molecule has 3 fully saturated rings. The molecule has 2 saturated carbocycles. The summed E-state index contributed by atoms with van der Waals surface area (Å²) in [6.07, 6.45) is 6.93. The zero-order valence-corrected chi connectivity index (χ0v) is 11.6. The summed E-state index contributed by atoms with van der Waals surface area (Å²) < 4.78 is 5.95. The molecule has 1 aliphatic heterocycles. The van der Waals surface area contributed by atoms with Crippen molar-refractivity contribution in [2.45, 2.75) is 56.1 Å². The summed E-state index contributed by atoms with van der Waals surface area (Å²) in [5.41, 5.74) is 1.81. The van der Waals surface area contributed by atoms with Gasteiger partial charge in [0.05, 0.1) is 17.2 Å². The predicted octanol–water partition coefficient (Wildman–Crippen LogP) is 2.95. The number of rotatable bonds is 3. The van der Waals surface area contributed by atoms with Gasteiger partial charge in [-0.3, -0.25) is 0 Å². The highest BCUT2D eigenvalue weighted by Gasteiger charge is 2.52. The van der Waals surface area contributed by atoms with Gasteiger partial charge in [0, 0.05) is 18.2 Å². The van der Waals surface area contributed by atoms with Crippen LogP contribution < -0.4 is 5.32 Å². The first-order chi connectivity index (χ1) is 9.81. The van der Waals surface area contributed by atoms with Crippen molar-refractivity contribution >= 4 is 5.82 Å². The number of anilines is 1. The average Bonchev–Trinajstić information content (AvgIpc) is 3.36. The molecular formula is C16H19N3O. The van der Waals surface area contributed by atoms with E-state index in [-0.39, 0.29) is 5.60 Å². The summed E-state index contributed by atoms with van der Waals surface area (Å²) in [5, 5.41) is 12.8. The Balaban J connectivity index is 1.60. The Morgan fingerprint density at radius 1 is 1.30 bits per heavy atom. The topological polar surface area (TPSA) is 57.9 Å². The van der Waals surface area contributed by atoms with Gasteiger partial charge < -0.3 is 10.1 Å². The molecule has 2 aliphatic carbocycles. The highest BCUT2D eigenvalue weighted by molar-refractivity contribution is 5.54. The van der Waals surface area contributed by atoms with E-state index in [0.717, 1.165) is 43.8 Å². The average molecular weight is 269 g/mol. The van der Waals surface area contributed by atoms with Crippen LogP contribution in [0.2, 0.25) is 0 Å². The van der Waals surface area contributed by atoms with Crippen molar-refractivity contribution in [2.24, 2.45) is 0 Å². The SMILES string of the molecule is N#Cc1ccc(C2CC2)nc1N[C@H]1CCCOC12CC2. The lowest BCUT2D eigenvalue weighted by molar-refractivity contribution is -0.0133. The second kappa shape index (κ2) is 4.46. The van der Waals surface area contributed by atoms with Crippen LogP contribution in [0, 0.1) is 11.3 Å². The molecule has 1 spiro atoms. The van der Waals surface area contributed by atoms with Crippen LogP contribution in [0.4, 0.5) is 5.82 Å². The predicted molar refractivity (Wildman–Crippen MR) is 75.5 cm³/mol. The number of hydrogen-bond acceptors (Lipinski definition) is 4. The summed E-state index contributed by atoms with van der Waals surface area (Å²) in [4.78, 5) is 4.70. The Bertz CT molecular complexity index is 570. The van der Waals surface area contributed by atoms with E-state index in [1.54, 1.807) is 0 Å². The van der Waals surface area contributed by atoms with Crippen molar-refractivity contribution < 1.29 is 4.74 Å². The van der Waals surface area contributed by atoms with Crippen LogP contribution in [0.5, 0.6) is 0 Å². The van der Waals surface area contributed by atoms with Gasteiger partial charge in [0.2, 0.25) is 0 Å². The molecule has 1 atom stereocenters. The third-order valence-corrected chi connectivity index (χ3v) is 4.75. The summed E-state index contributed by atoms with van der Waals surface area (Å²) in [6.45, 7) is 0.874. The molecule has 104 valence electrons. The molecule has 1 aromatic rings. The normalized spacial score (nSPS) is 27.1. The molecule has 3 aliphatic rings. The summed E-state index contributed by atoms with van der Waals surface area (Å²) in [7, 11) is 0. The molecule has 0 radical (unpaired) electrons. The molecule has 4 rings (SSSR count). The lowest BCUT2D eigenvalue weighted by Crippen LogP contribution is -2.42. The Hall–Kier alpha value is -1.60. The zero-order valence-electron chi connectivity index (χ0n) is 11.6. The Morgan fingerprint density at radius 2 is 2.15 bits per heavy atom. The lowest BCUT2D eigenvalue weighted by Gasteiger charge is -2.33. The first-order valence-corrected chi connectivity index (χ1v) is 7.62. The van der Waals surface area contributed by atoms with Crippen molar-refractivity contribution in [1.82, 2.24) is 4.98 Å². The van der Waals surface area contributed by atoms with E-state index in [4.69, 9.17) is 9.72 Å². The van der Waals surface area contributed by atoms with Crippen molar-refractivity contribution in [1.29, 1.82) is 5.26 Å². The van der Waals surface area contributed by atoms with Gasteiger partial charge in [0.1, 0.15) is 11.9 Å². The quantitative estimate of drug-likeness (QED) is 0.916. The number of nitriles is 1. The molecule has 2 heterocycles. The smallest absolute Gasteiger partial charge is 0.144 e. The second-order valence-electron chi connectivity index (χ2n) is 6.27. The van der Waals surface area contributed by atoms with Gasteiger partial charge in [-0.1, -0.05) is 0 Å². The molecule has 20 heavy (non-hydrogen) atoms.